The fourth-order valence-corrected chi connectivity index (χ4v) is 2.94. The molecule has 5 nitrogen and oxygen atoms in total. The van der Waals surface area contributed by atoms with Crippen molar-refractivity contribution < 1.29 is 4.74 Å². The van der Waals surface area contributed by atoms with E-state index in [2.05, 4.69) is 31.1 Å². The number of nitrogens with one attached hydrogen (secondary N) is 1. The number of hydrogen-bond acceptors (Lipinski definition) is 5. The van der Waals surface area contributed by atoms with Crippen molar-refractivity contribution in [2.45, 2.75) is 51.6 Å². The Balaban J connectivity index is 1.83. The van der Waals surface area contributed by atoms with Gasteiger partial charge in [0.15, 0.2) is 0 Å². The van der Waals surface area contributed by atoms with E-state index in [9.17, 15) is 0 Å². The summed E-state index contributed by atoms with van der Waals surface area (Å²) in [6.07, 6.45) is 5.13. The minimum atomic E-state index is 0.344. The maximum Gasteiger partial charge on any atom is 0.137 e. The van der Waals surface area contributed by atoms with E-state index in [4.69, 9.17) is 14.7 Å². The van der Waals surface area contributed by atoms with Crippen molar-refractivity contribution in [2.24, 2.45) is 0 Å². The summed E-state index contributed by atoms with van der Waals surface area (Å²) in [7, 11) is 2.11. The van der Waals surface area contributed by atoms with Gasteiger partial charge in [-0.05, 0) is 39.5 Å². The van der Waals surface area contributed by atoms with Gasteiger partial charge in [0.2, 0.25) is 0 Å². The lowest BCUT2D eigenvalue weighted by atomic mass is 10.2. The van der Waals surface area contributed by atoms with Crippen molar-refractivity contribution >= 4 is 11.6 Å². The van der Waals surface area contributed by atoms with Crippen LogP contribution in [0.25, 0.3) is 0 Å². The third kappa shape index (κ3) is 3.28. The molecule has 0 radical (unpaired) electrons. The zero-order valence-electron chi connectivity index (χ0n) is 13.4. The maximum absolute atomic E-state index is 5.75. The van der Waals surface area contributed by atoms with Gasteiger partial charge >= 0.3 is 0 Å². The van der Waals surface area contributed by atoms with Crippen LogP contribution in [0, 0.1) is 6.92 Å². The van der Waals surface area contributed by atoms with Crippen molar-refractivity contribution in [3.8, 4) is 0 Å². The van der Waals surface area contributed by atoms with Crippen LogP contribution in [0.3, 0.4) is 0 Å². The van der Waals surface area contributed by atoms with Gasteiger partial charge in [-0.2, -0.15) is 0 Å². The first-order chi connectivity index (χ1) is 10.2. The molecule has 1 saturated carbocycles. The lowest BCUT2D eigenvalue weighted by Gasteiger charge is -2.25. The molecule has 1 aromatic rings. The van der Waals surface area contributed by atoms with Gasteiger partial charge in [-0.1, -0.05) is 0 Å². The molecule has 1 aliphatic heterocycles. The molecule has 2 fully saturated rings. The molecule has 0 spiro atoms. The first-order valence-corrected chi connectivity index (χ1v) is 8.14. The normalized spacial score (nSPS) is 21.6. The van der Waals surface area contributed by atoms with Crippen molar-refractivity contribution in [3.63, 3.8) is 0 Å². The van der Waals surface area contributed by atoms with Crippen molar-refractivity contribution in [3.05, 3.63) is 11.4 Å². The van der Waals surface area contributed by atoms with E-state index >= 15 is 0 Å². The second kappa shape index (κ2) is 6.18. The summed E-state index contributed by atoms with van der Waals surface area (Å²) >= 11 is 0. The highest BCUT2D eigenvalue weighted by molar-refractivity contribution is 5.58. The fourth-order valence-electron chi connectivity index (χ4n) is 2.94. The topological polar surface area (TPSA) is 50.3 Å². The van der Waals surface area contributed by atoms with Crippen LogP contribution in [0.4, 0.5) is 11.6 Å². The molecular formula is C16H26N4O. The summed E-state index contributed by atoms with van der Waals surface area (Å²) in [5.74, 6) is 3.62. The first-order valence-electron chi connectivity index (χ1n) is 8.14. The Labute approximate surface area is 127 Å². The fraction of sp³-hybridized carbons (Fsp3) is 0.750. The monoisotopic (exact) mass is 290 g/mol. The standard InChI is InChI=1S/C16H26N4O/c1-4-17-14-11(2)16(19-15(18-14)12-7-8-12)20(3)10-13-6-5-9-21-13/h12-13H,4-10H2,1-3H3,(H,17,18,19). The average Bonchev–Trinajstić information content (AvgIpc) is 3.20. The molecule has 0 bridgehead atoms. The van der Waals surface area contributed by atoms with E-state index < -0.39 is 0 Å². The van der Waals surface area contributed by atoms with Crippen LogP contribution < -0.4 is 10.2 Å². The van der Waals surface area contributed by atoms with Crippen LogP contribution >= 0.6 is 0 Å². The molecule has 1 unspecified atom stereocenters. The van der Waals surface area contributed by atoms with Crippen LogP contribution in [0.1, 0.15) is 49.9 Å². The van der Waals surface area contributed by atoms with Gasteiger partial charge in [0, 0.05) is 38.2 Å². The van der Waals surface area contributed by atoms with Crippen LogP contribution in [0.5, 0.6) is 0 Å². The summed E-state index contributed by atoms with van der Waals surface area (Å²) in [5.41, 5.74) is 1.14. The molecule has 116 valence electrons. The summed E-state index contributed by atoms with van der Waals surface area (Å²) in [6, 6.07) is 0. The van der Waals surface area contributed by atoms with Gasteiger partial charge in [0.1, 0.15) is 17.5 Å². The van der Waals surface area contributed by atoms with Crippen LogP contribution in [-0.2, 0) is 4.74 Å². The number of rotatable bonds is 6. The van der Waals surface area contributed by atoms with E-state index in [1.807, 2.05) is 0 Å². The Morgan fingerprint density at radius 3 is 2.71 bits per heavy atom. The zero-order valence-corrected chi connectivity index (χ0v) is 13.4. The van der Waals surface area contributed by atoms with Gasteiger partial charge in [0.25, 0.3) is 0 Å². The van der Waals surface area contributed by atoms with E-state index in [1.165, 1.54) is 19.3 Å². The highest BCUT2D eigenvalue weighted by Crippen LogP contribution is 2.40. The largest absolute Gasteiger partial charge is 0.376 e. The number of anilines is 2. The van der Waals surface area contributed by atoms with E-state index in [-0.39, 0.29) is 0 Å². The molecule has 0 amide bonds. The molecule has 1 aliphatic carbocycles. The number of aromatic nitrogens is 2. The molecule has 1 N–H and O–H groups in total. The Morgan fingerprint density at radius 2 is 2.10 bits per heavy atom. The van der Waals surface area contributed by atoms with E-state index in [0.29, 0.717) is 12.0 Å². The van der Waals surface area contributed by atoms with Crippen LogP contribution in [0.15, 0.2) is 0 Å². The van der Waals surface area contributed by atoms with Crippen molar-refractivity contribution in [1.82, 2.24) is 9.97 Å². The number of likely N-dealkylation sites (N-methyl/N-ethyl adjacent to an activating group) is 1. The van der Waals surface area contributed by atoms with Crippen molar-refractivity contribution in [1.29, 1.82) is 0 Å². The summed E-state index contributed by atoms with van der Waals surface area (Å²) in [6.45, 7) is 6.91. The molecule has 3 rings (SSSR count). The van der Waals surface area contributed by atoms with E-state index in [1.54, 1.807) is 0 Å². The van der Waals surface area contributed by atoms with Gasteiger partial charge < -0.3 is 15.0 Å². The highest BCUT2D eigenvalue weighted by Gasteiger charge is 2.29. The number of nitrogens with zero attached hydrogens (tertiary/aromatic N) is 3. The SMILES string of the molecule is CCNc1nc(C2CC2)nc(N(C)CC2CCCO2)c1C. The summed E-state index contributed by atoms with van der Waals surface area (Å²) in [5, 5.41) is 3.38. The quantitative estimate of drug-likeness (QED) is 0.873. The number of ether oxygens (including phenoxy) is 1. The van der Waals surface area contributed by atoms with Gasteiger partial charge in [-0.3, -0.25) is 0 Å². The second-order valence-electron chi connectivity index (χ2n) is 6.20. The van der Waals surface area contributed by atoms with Crippen LogP contribution in [-0.4, -0.2) is 42.8 Å². The third-order valence-corrected chi connectivity index (χ3v) is 4.29. The van der Waals surface area contributed by atoms with Crippen molar-refractivity contribution in [2.75, 3.05) is 37.0 Å². The molecule has 21 heavy (non-hydrogen) atoms. The lowest BCUT2D eigenvalue weighted by Crippen LogP contribution is -2.30. The van der Waals surface area contributed by atoms with E-state index in [0.717, 1.165) is 49.1 Å². The molecule has 1 aromatic heterocycles. The molecule has 0 aromatic carbocycles. The van der Waals surface area contributed by atoms with Gasteiger partial charge in [-0.25, -0.2) is 9.97 Å². The summed E-state index contributed by atoms with van der Waals surface area (Å²) in [4.78, 5) is 11.8. The Bertz CT molecular complexity index is 495. The van der Waals surface area contributed by atoms with Gasteiger partial charge in [0.05, 0.1) is 6.10 Å². The molecule has 1 atom stereocenters. The predicted molar refractivity (Wildman–Crippen MR) is 85.2 cm³/mol. The average molecular weight is 290 g/mol. The first kappa shape index (κ1) is 14.6. The minimum absolute atomic E-state index is 0.344. The number of hydrogen-bond donors (Lipinski definition) is 1. The molecule has 5 heteroatoms. The minimum Gasteiger partial charge on any atom is -0.376 e. The zero-order chi connectivity index (χ0) is 14.8. The third-order valence-electron chi connectivity index (χ3n) is 4.29. The molecule has 2 aliphatic rings. The Kier molecular flexibility index (Phi) is 4.29. The van der Waals surface area contributed by atoms with Crippen LogP contribution in [0.2, 0.25) is 0 Å². The molecule has 2 heterocycles. The Morgan fingerprint density at radius 1 is 1.29 bits per heavy atom. The second-order valence-corrected chi connectivity index (χ2v) is 6.20. The highest BCUT2D eigenvalue weighted by atomic mass is 16.5. The van der Waals surface area contributed by atoms with Gasteiger partial charge in [-0.15, -0.1) is 0 Å². The summed E-state index contributed by atoms with van der Waals surface area (Å²) < 4.78 is 5.75. The lowest BCUT2D eigenvalue weighted by molar-refractivity contribution is 0.116. The predicted octanol–water partition coefficient (Wildman–Crippen LogP) is 2.71. The smallest absolute Gasteiger partial charge is 0.137 e. The Hall–Kier alpha value is -1.36. The molecule has 1 saturated heterocycles. The maximum atomic E-state index is 5.75. The molecular weight excluding hydrogens is 264 g/mol.